The number of nitrogens with one attached hydrogen (secondary N) is 2. The molecule has 0 aliphatic carbocycles. The maximum absolute atomic E-state index is 11.1. The van der Waals surface area contributed by atoms with Crippen molar-refractivity contribution < 1.29 is 9.53 Å². The van der Waals surface area contributed by atoms with E-state index in [0.29, 0.717) is 19.0 Å². The van der Waals surface area contributed by atoms with E-state index in [1.165, 1.54) is 71.3 Å². The molecule has 1 unspecified atom stereocenters. The SMILES string of the molecule is CCCCCCCC(CCCCCCCC(=O)OC)NCCNCCN. The minimum atomic E-state index is -0.0828. The minimum absolute atomic E-state index is 0.0828. The molecule has 0 bridgehead atoms. The highest BCUT2D eigenvalue weighted by atomic mass is 16.5. The molecule has 0 fully saturated rings. The summed E-state index contributed by atoms with van der Waals surface area (Å²) in [7, 11) is 1.46. The van der Waals surface area contributed by atoms with E-state index in [9.17, 15) is 4.79 Å². The molecular weight excluding hydrogens is 326 g/mol. The number of carbonyl (C=O) groups is 1. The Morgan fingerprint density at radius 3 is 2.12 bits per heavy atom. The first-order valence-electron chi connectivity index (χ1n) is 11.0. The van der Waals surface area contributed by atoms with Crippen LogP contribution in [-0.2, 0) is 9.53 Å². The summed E-state index contributed by atoms with van der Waals surface area (Å²) < 4.78 is 4.67. The van der Waals surface area contributed by atoms with E-state index < -0.39 is 0 Å². The van der Waals surface area contributed by atoms with Gasteiger partial charge in [0.1, 0.15) is 0 Å². The quantitative estimate of drug-likeness (QED) is 0.224. The number of unbranched alkanes of at least 4 members (excludes halogenated alkanes) is 8. The summed E-state index contributed by atoms with van der Waals surface area (Å²) >= 11 is 0. The predicted molar refractivity (Wildman–Crippen MR) is 111 cm³/mol. The Hall–Kier alpha value is -0.650. The first-order valence-corrected chi connectivity index (χ1v) is 11.0. The Kier molecular flexibility index (Phi) is 20.1. The molecule has 1 atom stereocenters. The molecule has 5 heteroatoms. The maximum Gasteiger partial charge on any atom is 0.305 e. The molecule has 4 N–H and O–H groups in total. The van der Waals surface area contributed by atoms with Crippen LogP contribution in [0.4, 0.5) is 0 Å². The lowest BCUT2D eigenvalue weighted by atomic mass is 10.00. The third kappa shape index (κ3) is 18.2. The van der Waals surface area contributed by atoms with Crippen LogP contribution in [-0.4, -0.2) is 45.3 Å². The molecular formula is C21H45N3O2. The summed E-state index contributed by atoms with van der Waals surface area (Å²) in [6.07, 6.45) is 15.7. The Morgan fingerprint density at radius 2 is 1.50 bits per heavy atom. The zero-order valence-electron chi connectivity index (χ0n) is 17.5. The van der Waals surface area contributed by atoms with Gasteiger partial charge in [-0.15, -0.1) is 0 Å². The fourth-order valence-electron chi connectivity index (χ4n) is 3.23. The first-order chi connectivity index (χ1) is 12.7. The average Bonchev–Trinajstić information content (AvgIpc) is 2.65. The summed E-state index contributed by atoms with van der Waals surface area (Å²) in [6.45, 7) is 5.89. The largest absolute Gasteiger partial charge is 0.469 e. The van der Waals surface area contributed by atoms with Gasteiger partial charge >= 0.3 is 5.97 Å². The van der Waals surface area contributed by atoms with Crippen LogP contribution in [0.3, 0.4) is 0 Å². The van der Waals surface area contributed by atoms with Gasteiger partial charge < -0.3 is 21.1 Å². The smallest absolute Gasteiger partial charge is 0.305 e. The van der Waals surface area contributed by atoms with Gasteiger partial charge in [-0.1, -0.05) is 64.7 Å². The Morgan fingerprint density at radius 1 is 0.885 bits per heavy atom. The van der Waals surface area contributed by atoms with E-state index in [2.05, 4.69) is 22.3 Å². The van der Waals surface area contributed by atoms with Gasteiger partial charge in [0.2, 0.25) is 0 Å². The van der Waals surface area contributed by atoms with Crippen LogP contribution in [0.2, 0.25) is 0 Å². The number of rotatable bonds is 20. The molecule has 5 nitrogen and oxygen atoms in total. The van der Waals surface area contributed by atoms with Crippen molar-refractivity contribution in [1.29, 1.82) is 0 Å². The van der Waals surface area contributed by atoms with Crippen LogP contribution in [0, 0.1) is 0 Å². The molecule has 0 saturated carbocycles. The van der Waals surface area contributed by atoms with Crippen molar-refractivity contribution in [3.05, 3.63) is 0 Å². The van der Waals surface area contributed by atoms with Gasteiger partial charge in [-0.05, 0) is 19.3 Å². The van der Waals surface area contributed by atoms with Crippen molar-refractivity contribution in [2.75, 3.05) is 33.3 Å². The average molecular weight is 372 g/mol. The van der Waals surface area contributed by atoms with Gasteiger partial charge in [-0.2, -0.15) is 0 Å². The van der Waals surface area contributed by atoms with Crippen LogP contribution < -0.4 is 16.4 Å². The standard InChI is InChI=1S/C21H45N3O2/c1-3-4-5-7-10-13-20(24-19-18-23-17-16-22)14-11-8-6-9-12-15-21(25)26-2/h20,23-24H,3-19,22H2,1-2H3. The molecule has 0 aliphatic rings. The van der Waals surface area contributed by atoms with Gasteiger partial charge in [-0.25, -0.2) is 0 Å². The number of nitrogens with two attached hydrogens (primary N) is 1. The fourth-order valence-corrected chi connectivity index (χ4v) is 3.23. The number of methoxy groups -OCH3 is 1. The lowest BCUT2D eigenvalue weighted by Crippen LogP contribution is -2.36. The monoisotopic (exact) mass is 371 g/mol. The van der Waals surface area contributed by atoms with E-state index >= 15 is 0 Å². The zero-order valence-corrected chi connectivity index (χ0v) is 17.5. The molecule has 0 radical (unpaired) electrons. The highest BCUT2D eigenvalue weighted by molar-refractivity contribution is 5.68. The Balaban J connectivity index is 3.78. The molecule has 0 aromatic carbocycles. The van der Waals surface area contributed by atoms with Crippen LogP contribution in [0.15, 0.2) is 0 Å². The molecule has 0 aliphatic heterocycles. The molecule has 0 heterocycles. The van der Waals surface area contributed by atoms with E-state index in [0.717, 1.165) is 32.5 Å². The Bertz CT molecular complexity index is 287. The highest BCUT2D eigenvalue weighted by Crippen LogP contribution is 2.14. The topological polar surface area (TPSA) is 76.4 Å². The molecule has 0 rings (SSSR count). The number of esters is 1. The second kappa shape index (κ2) is 20.7. The fraction of sp³-hybridized carbons (Fsp3) is 0.952. The van der Waals surface area contributed by atoms with Gasteiger partial charge in [0, 0.05) is 38.6 Å². The third-order valence-electron chi connectivity index (χ3n) is 4.87. The maximum atomic E-state index is 11.1. The van der Waals surface area contributed by atoms with Gasteiger partial charge in [-0.3, -0.25) is 4.79 Å². The van der Waals surface area contributed by atoms with Crippen molar-refractivity contribution in [3.63, 3.8) is 0 Å². The second-order valence-electron chi connectivity index (χ2n) is 7.28. The molecule has 0 aromatic heterocycles. The Labute approximate surface area is 162 Å². The summed E-state index contributed by atoms with van der Waals surface area (Å²) in [4.78, 5) is 11.1. The van der Waals surface area contributed by atoms with Crippen molar-refractivity contribution in [2.24, 2.45) is 5.73 Å². The highest BCUT2D eigenvalue weighted by Gasteiger charge is 2.07. The first kappa shape index (κ1) is 25.4. The van der Waals surface area contributed by atoms with E-state index in [1.54, 1.807) is 0 Å². The number of ether oxygens (including phenoxy) is 1. The van der Waals surface area contributed by atoms with Gasteiger partial charge in [0.05, 0.1) is 7.11 Å². The lowest BCUT2D eigenvalue weighted by molar-refractivity contribution is -0.140. The minimum Gasteiger partial charge on any atom is -0.469 e. The second-order valence-corrected chi connectivity index (χ2v) is 7.28. The lowest BCUT2D eigenvalue weighted by Gasteiger charge is -2.19. The number of carbonyl (C=O) groups excluding carboxylic acids is 1. The number of hydrogen-bond acceptors (Lipinski definition) is 5. The zero-order chi connectivity index (χ0) is 19.3. The molecule has 0 amide bonds. The predicted octanol–water partition coefficient (Wildman–Crippen LogP) is 3.76. The third-order valence-corrected chi connectivity index (χ3v) is 4.87. The van der Waals surface area contributed by atoms with Crippen LogP contribution in [0.25, 0.3) is 0 Å². The number of hydrogen-bond donors (Lipinski definition) is 3. The van der Waals surface area contributed by atoms with Crippen molar-refractivity contribution in [3.8, 4) is 0 Å². The van der Waals surface area contributed by atoms with Gasteiger partial charge in [0.25, 0.3) is 0 Å². The van der Waals surface area contributed by atoms with Crippen LogP contribution in [0.5, 0.6) is 0 Å². The van der Waals surface area contributed by atoms with Crippen molar-refractivity contribution in [2.45, 2.75) is 96.4 Å². The molecule has 0 saturated heterocycles. The molecule has 156 valence electrons. The van der Waals surface area contributed by atoms with Gasteiger partial charge in [0.15, 0.2) is 0 Å². The summed E-state index contributed by atoms with van der Waals surface area (Å²) in [5.41, 5.74) is 5.51. The molecule has 0 spiro atoms. The summed E-state index contributed by atoms with van der Waals surface area (Å²) in [5.74, 6) is -0.0828. The molecule has 0 aromatic rings. The van der Waals surface area contributed by atoms with Crippen LogP contribution in [0.1, 0.15) is 90.4 Å². The van der Waals surface area contributed by atoms with Crippen LogP contribution >= 0.6 is 0 Å². The van der Waals surface area contributed by atoms with Crippen molar-refractivity contribution in [1.82, 2.24) is 10.6 Å². The van der Waals surface area contributed by atoms with Crippen molar-refractivity contribution >= 4 is 5.97 Å². The van der Waals surface area contributed by atoms with E-state index in [1.807, 2.05) is 0 Å². The summed E-state index contributed by atoms with van der Waals surface area (Å²) in [6, 6.07) is 0.645. The summed E-state index contributed by atoms with van der Waals surface area (Å²) in [5, 5.41) is 7.08. The normalized spacial score (nSPS) is 12.3. The molecule has 26 heavy (non-hydrogen) atoms. The van der Waals surface area contributed by atoms with E-state index in [4.69, 9.17) is 5.73 Å². The van der Waals surface area contributed by atoms with E-state index in [-0.39, 0.29) is 5.97 Å².